The molecule has 58 valence electrons. The van der Waals surface area contributed by atoms with E-state index < -0.39 is 5.97 Å². The van der Waals surface area contributed by atoms with E-state index in [1.165, 1.54) is 6.07 Å². The Labute approximate surface area is 71.8 Å². The van der Waals surface area contributed by atoms with Crippen molar-refractivity contribution in [3.63, 3.8) is 0 Å². The maximum atomic E-state index is 10.4. The van der Waals surface area contributed by atoms with Gasteiger partial charge in [-0.25, -0.2) is 4.79 Å². The zero-order chi connectivity index (χ0) is 8.43. The molecule has 0 aliphatic carbocycles. The molecule has 11 heavy (non-hydrogen) atoms. The van der Waals surface area contributed by atoms with Crippen LogP contribution < -0.4 is 0 Å². The van der Waals surface area contributed by atoms with Crippen molar-refractivity contribution in [3.8, 4) is 0 Å². The average molecular weight is 191 g/mol. The van der Waals surface area contributed by atoms with Crippen LogP contribution in [0.2, 0.25) is 5.15 Å². The molecule has 0 aliphatic heterocycles. The number of aromatic carboxylic acids is 1. The van der Waals surface area contributed by atoms with Crippen LogP contribution in [0.3, 0.4) is 0 Å². The second-order valence-corrected chi connectivity index (χ2v) is 2.54. The van der Waals surface area contributed by atoms with Crippen LogP contribution in [0.4, 0.5) is 0 Å². The molecule has 0 spiro atoms. The van der Waals surface area contributed by atoms with E-state index in [-0.39, 0.29) is 15.4 Å². The molecule has 0 saturated carbocycles. The quantitative estimate of drug-likeness (QED) is 0.659. The molecule has 0 aromatic carbocycles. The van der Waals surface area contributed by atoms with Crippen molar-refractivity contribution in [2.45, 2.75) is 0 Å². The first-order valence-corrected chi connectivity index (χ1v) is 3.38. The van der Waals surface area contributed by atoms with Gasteiger partial charge in [-0.2, -0.15) is 5.10 Å². The van der Waals surface area contributed by atoms with Gasteiger partial charge in [0.2, 0.25) is 0 Å². The topological polar surface area (TPSA) is 66.0 Å². The maximum absolute atomic E-state index is 10.4. The average Bonchev–Trinajstić information content (AvgIpc) is 1.94. The van der Waals surface area contributed by atoms with Crippen LogP contribution in [-0.2, 0) is 0 Å². The molecule has 0 unspecified atom stereocenters. The van der Waals surface area contributed by atoms with E-state index in [1.54, 1.807) is 0 Å². The van der Waals surface area contributed by atoms with Gasteiger partial charge in [0, 0.05) is 0 Å². The molecule has 0 radical (unpaired) electrons. The first-order chi connectivity index (χ1) is 5.11. The molecule has 6 heteroatoms. The Bertz CT molecular complexity index is 349. The molecule has 0 atom stereocenters. The third-order valence-corrected chi connectivity index (χ3v) is 1.49. The van der Waals surface area contributed by atoms with Crippen LogP contribution in [-0.4, -0.2) is 21.3 Å². The lowest BCUT2D eigenvalue weighted by Crippen LogP contribution is -2.00. The lowest BCUT2D eigenvalue weighted by Gasteiger charge is -1.94. The molecule has 1 aromatic heterocycles. The van der Waals surface area contributed by atoms with Crippen LogP contribution in [0, 0.1) is 4.64 Å². The predicted octanol–water partition coefficient (Wildman–Crippen LogP) is 1.49. The molecule has 1 heterocycles. The summed E-state index contributed by atoms with van der Waals surface area (Å²) >= 11 is 10.1. The second kappa shape index (κ2) is 2.98. The lowest BCUT2D eigenvalue weighted by atomic mass is 10.3. The van der Waals surface area contributed by atoms with E-state index in [0.29, 0.717) is 0 Å². The third-order valence-electron chi connectivity index (χ3n) is 0.992. The number of aromatic nitrogens is 2. The summed E-state index contributed by atoms with van der Waals surface area (Å²) in [5.41, 5.74) is -0.0876. The van der Waals surface area contributed by atoms with Crippen molar-refractivity contribution in [3.05, 3.63) is 21.4 Å². The summed E-state index contributed by atoms with van der Waals surface area (Å²) in [7, 11) is 0. The Morgan fingerprint density at radius 2 is 2.45 bits per heavy atom. The molecule has 2 N–H and O–H groups in total. The van der Waals surface area contributed by atoms with Crippen molar-refractivity contribution in [1.82, 2.24) is 10.2 Å². The minimum Gasteiger partial charge on any atom is -0.478 e. The fourth-order valence-electron chi connectivity index (χ4n) is 0.537. The fourth-order valence-corrected chi connectivity index (χ4v) is 0.878. The first kappa shape index (κ1) is 8.16. The van der Waals surface area contributed by atoms with Crippen molar-refractivity contribution < 1.29 is 9.90 Å². The normalized spacial score (nSPS) is 9.55. The van der Waals surface area contributed by atoms with E-state index in [9.17, 15) is 4.79 Å². The molecule has 0 amide bonds. The maximum Gasteiger partial charge on any atom is 0.339 e. The molecular formula is C5H3ClN2O2S. The number of carboxylic acids is 1. The van der Waals surface area contributed by atoms with E-state index >= 15 is 0 Å². The highest BCUT2D eigenvalue weighted by Crippen LogP contribution is 2.10. The summed E-state index contributed by atoms with van der Waals surface area (Å²) in [6.07, 6.45) is 0. The SMILES string of the molecule is O=C(O)c1cc(=S)[nH]nc1Cl. The number of nitrogens with one attached hydrogen (secondary N) is 1. The summed E-state index contributed by atoms with van der Waals surface area (Å²) in [5, 5.41) is 14.2. The van der Waals surface area contributed by atoms with E-state index in [0.717, 1.165) is 0 Å². The molecule has 0 aliphatic rings. The molecule has 1 rings (SSSR count). The highest BCUT2D eigenvalue weighted by atomic mass is 35.5. The van der Waals surface area contributed by atoms with E-state index in [4.69, 9.17) is 16.7 Å². The van der Waals surface area contributed by atoms with Gasteiger partial charge in [-0.3, -0.25) is 5.10 Å². The van der Waals surface area contributed by atoms with Crippen molar-refractivity contribution >= 4 is 29.8 Å². The number of hydrogen-bond donors (Lipinski definition) is 2. The fraction of sp³-hybridized carbons (Fsp3) is 0. The summed E-state index contributed by atoms with van der Waals surface area (Å²) in [5.74, 6) is -1.14. The van der Waals surface area contributed by atoms with Crippen molar-refractivity contribution in [1.29, 1.82) is 0 Å². The zero-order valence-corrected chi connectivity index (χ0v) is 6.74. The van der Waals surface area contributed by atoms with Crippen LogP contribution in [0.15, 0.2) is 6.07 Å². The number of halogens is 1. The van der Waals surface area contributed by atoms with Gasteiger partial charge in [0.05, 0.1) is 0 Å². The minimum absolute atomic E-state index is 0.0876. The van der Waals surface area contributed by atoms with Crippen molar-refractivity contribution in [2.24, 2.45) is 0 Å². The van der Waals surface area contributed by atoms with Gasteiger partial charge in [-0.15, -0.1) is 0 Å². The van der Waals surface area contributed by atoms with Gasteiger partial charge < -0.3 is 5.11 Å². The predicted molar refractivity (Wildman–Crippen MR) is 41.4 cm³/mol. The molecule has 4 nitrogen and oxygen atoms in total. The van der Waals surface area contributed by atoms with Gasteiger partial charge >= 0.3 is 5.97 Å². The smallest absolute Gasteiger partial charge is 0.339 e. The highest BCUT2D eigenvalue weighted by Gasteiger charge is 2.08. The number of H-pyrrole nitrogens is 1. The van der Waals surface area contributed by atoms with Gasteiger partial charge in [-0.05, 0) is 6.07 Å². The standard InChI is InChI=1S/C5H3ClN2O2S/c6-4-2(5(9)10)1-3(11)7-8-4/h1H,(H,7,11)(H,9,10). The number of aromatic amines is 1. The molecule has 0 fully saturated rings. The lowest BCUT2D eigenvalue weighted by molar-refractivity contribution is 0.0696. The number of nitrogens with zero attached hydrogens (tertiary/aromatic N) is 1. The molecule has 1 aromatic rings. The zero-order valence-electron chi connectivity index (χ0n) is 5.17. The summed E-state index contributed by atoms with van der Waals surface area (Å²) in [6, 6.07) is 1.24. The van der Waals surface area contributed by atoms with Crippen LogP contribution in [0.5, 0.6) is 0 Å². The van der Waals surface area contributed by atoms with Crippen LogP contribution in [0.1, 0.15) is 10.4 Å². The van der Waals surface area contributed by atoms with Gasteiger partial charge in [-0.1, -0.05) is 23.8 Å². The molecule has 0 saturated heterocycles. The van der Waals surface area contributed by atoms with E-state index in [1.807, 2.05) is 0 Å². The molecular weight excluding hydrogens is 188 g/mol. The second-order valence-electron chi connectivity index (χ2n) is 1.74. The monoisotopic (exact) mass is 190 g/mol. The largest absolute Gasteiger partial charge is 0.478 e. The van der Waals surface area contributed by atoms with E-state index in [2.05, 4.69) is 22.4 Å². The number of carboxylic acid groups (broad SMARTS) is 1. The van der Waals surface area contributed by atoms with Crippen molar-refractivity contribution in [2.75, 3.05) is 0 Å². The van der Waals surface area contributed by atoms with Gasteiger partial charge in [0.25, 0.3) is 0 Å². The minimum atomic E-state index is -1.14. The first-order valence-electron chi connectivity index (χ1n) is 2.60. The Hall–Kier alpha value is -0.940. The Balaban J connectivity index is 3.35. The van der Waals surface area contributed by atoms with Gasteiger partial charge in [0.15, 0.2) is 5.15 Å². The number of rotatable bonds is 1. The number of carbonyl (C=O) groups is 1. The van der Waals surface area contributed by atoms with Gasteiger partial charge in [0.1, 0.15) is 10.2 Å². The Morgan fingerprint density at radius 1 is 1.82 bits per heavy atom. The summed E-state index contributed by atoms with van der Waals surface area (Å²) < 4.78 is 0.242. The number of hydrogen-bond acceptors (Lipinski definition) is 3. The Kier molecular flexibility index (Phi) is 2.21. The van der Waals surface area contributed by atoms with Crippen LogP contribution in [0.25, 0.3) is 0 Å². The Morgan fingerprint density at radius 3 is 2.91 bits per heavy atom. The summed E-state index contributed by atoms with van der Waals surface area (Å²) in [4.78, 5) is 10.4. The third kappa shape index (κ3) is 1.75. The highest BCUT2D eigenvalue weighted by molar-refractivity contribution is 7.71. The van der Waals surface area contributed by atoms with Crippen LogP contribution >= 0.6 is 23.8 Å². The summed E-state index contributed by atoms with van der Waals surface area (Å²) in [6.45, 7) is 0. The molecule has 0 bridgehead atoms.